The summed E-state index contributed by atoms with van der Waals surface area (Å²) < 4.78 is 5.46. The molecule has 2 aromatic carbocycles. The molecule has 1 aliphatic rings. The maximum Gasteiger partial charge on any atom is 0.256 e. The predicted molar refractivity (Wildman–Crippen MR) is 115 cm³/mol. The van der Waals surface area contributed by atoms with Crippen LogP contribution in [0.4, 0.5) is 11.4 Å². The Balaban J connectivity index is 1.69. The number of hydrogen-bond donors (Lipinski definition) is 4. The van der Waals surface area contributed by atoms with Crippen molar-refractivity contribution in [1.82, 2.24) is 4.98 Å². The average Bonchev–Trinajstić information content (AvgIpc) is 2.78. The molecule has 1 aliphatic heterocycles. The first-order valence-electron chi connectivity index (χ1n) is 9.77. The van der Waals surface area contributed by atoms with Crippen LogP contribution in [0.2, 0.25) is 0 Å². The lowest BCUT2D eigenvalue weighted by Crippen LogP contribution is -2.36. The molecule has 1 saturated heterocycles. The SMILES string of the molecule is O=c1[nH]c(-c2ccccc2N2CCOCC2)cc2ccc(NCC(O)CO)cc12. The molecule has 1 atom stereocenters. The number of benzene rings is 2. The van der Waals surface area contributed by atoms with Gasteiger partial charge in [0.05, 0.1) is 31.6 Å². The number of nitrogens with one attached hydrogen (secondary N) is 2. The molecule has 7 nitrogen and oxygen atoms in total. The van der Waals surface area contributed by atoms with E-state index in [4.69, 9.17) is 9.84 Å². The third kappa shape index (κ3) is 4.27. The Morgan fingerprint density at radius 3 is 2.72 bits per heavy atom. The molecular formula is C22H25N3O4. The maximum absolute atomic E-state index is 12.8. The number of H-pyrrole nitrogens is 1. The first-order valence-corrected chi connectivity index (χ1v) is 9.77. The van der Waals surface area contributed by atoms with E-state index in [9.17, 15) is 9.90 Å². The lowest BCUT2D eigenvalue weighted by atomic mass is 10.0. The molecular weight excluding hydrogens is 370 g/mol. The largest absolute Gasteiger partial charge is 0.394 e. The van der Waals surface area contributed by atoms with Gasteiger partial charge in [-0.1, -0.05) is 24.3 Å². The number of rotatable bonds is 6. The zero-order chi connectivity index (χ0) is 20.2. The van der Waals surface area contributed by atoms with Crippen LogP contribution < -0.4 is 15.8 Å². The van der Waals surface area contributed by atoms with Crippen LogP contribution in [0.5, 0.6) is 0 Å². The van der Waals surface area contributed by atoms with Gasteiger partial charge in [0.15, 0.2) is 0 Å². The highest BCUT2D eigenvalue weighted by Gasteiger charge is 2.16. The highest BCUT2D eigenvalue weighted by atomic mass is 16.5. The van der Waals surface area contributed by atoms with Gasteiger partial charge in [-0.3, -0.25) is 4.79 Å². The van der Waals surface area contributed by atoms with Crippen LogP contribution in [0.1, 0.15) is 0 Å². The van der Waals surface area contributed by atoms with Crippen molar-refractivity contribution < 1.29 is 14.9 Å². The van der Waals surface area contributed by atoms with E-state index in [1.807, 2.05) is 36.4 Å². The van der Waals surface area contributed by atoms with Crippen molar-refractivity contribution in [2.75, 3.05) is 49.7 Å². The molecule has 0 saturated carbocycles. The number of fused-ring (bicyclic) bond motifs is 1. The van der Waals surface area contributed by atoms with Crippen LogP contribution >= 0.6 is 0 Å². The Hall–Kier alpha value is -2.87. The predicted octanol–water partition coefficient (Wildman–Crippen LogP) is 1.80. The second-order valence-electron chi connectivity index (χ2n) is 7.15. The van der Waals surface area contributed by atoms with Crippen LogP contribution in [0.3, 0.4) is 0 Å². The second-order valence-corrected chi connectivity index (χ2v) is 7.15. The van der Waals surface area contributed by atoms with Gasteiger partial charge in [0.2, 0.25) is 0 Å². The molecule has 4 rings (SSSR count). The molecule has 0 amide bonds. The maximum atomic E-state index is 12.8. The van der Waals surface area contributed by atoms with Gasteiger partial charge in [0.25, 0.3) is 5.56 Å². The third-order valence-corrected chi connectivity index (χ3v) is 5.14. The molecule has 7 heteroatoms. The van der Waals surface area contributed by atoms with Gasteiger partial charge in [0.1, 0.15) is 0 Å². The van der Waals surface area contributed by atoms with Crippen LogP contribution in [0.25, 0.3) is 22.0 Å². The van der Waals surface area contributed by atoms with E-state index in [0.29, 0.717) is 18.6 Å². The molecule has 0 spiro atoms. The molecule has 1 fully saturated rings. The van der Waals surface area contributed by atoms with E-state index in [1.165, 1.54) is 0 Å². The summed E-state index contributed by atoms with van der Waals surface area (Å²) in [5.41, 5.74) is 3.40. The Bertz CT molecular complexity index is 1040. The van der Waals surface area contributed by atoms with Gasteiger partial charge in [0, 0.05) is 42.0 Å². The zero-order valence-electron chi connectivity index (χ0n) is 16.1. The lowest BCUT2D eigenvalue weighted by molar-refractivity contribution is 0.105. The number of aromatic amines is 1. The summed E-state index contributed by atoms with van der Waals surface area (Å²) in [5.74, 6) is 0. The molecule has 1 unspecified atom stereocenters. The Kier molecular flexibility index (Phi) is 5.80. The molecule has 0 bridgehead atoms. The lowest BCUT2D eigenvalue weighted by Gasteiger charge is -2.30. The number of pyridine rings is 1. The number of para-hydroxylation sites is 1. The number of aliphatic hydroxyl groups is 2. The van der Waals surface area contributed by atoms with Gasteiger partial charge >= 0.3 is 0 Å². The molecule has 29 heavy (non-hydrogen) atoms. The van der Waals surface area contributed by atoms with Gasteiger partial charge in [-0.2, -0.15) is 0 Å². The normalized spacial score (nSPS) is 15.4. The Labute approximate surface area is 168 Å². The fourth-order valence-electron chi connectivity index (χ4n) is 3.60. The van der Waals surface area contributed by atoms with Gasteiger partial charge in [-0.25, -0.2) is 0 Å². The first-order chi connectivity index (χ1) is 14.2. The van der Waals surface area contributed by atoms with Crippen molar-refractivity contribution in [3.05, 3.63) is 58.9 Å². The Morgan fingerprint density at radius 1 is 1.14 bits per heavy atom. The van der Waals surface area contributed by atoms with Crippen molar-refractivity contribution in [2.24, 2.45) is 0 Å². The minimum absolute atomic E-state index is 0.166. The molecule has 0 radical (unpaired) electrons. The van der Waals surface area contributed by atoms with E-state index >= 15 is 0 Å². The van der Waals surface area contributed by atoms with Crippen molar-refractivity contribution in [1.29, 1.82) is 0 Å². The zero-order valence-corrected chi connectivity index (χ0v) is 16.1. The van der Waals surface area contributed by atoms with Gasteiger partial charge < -0.3 is 30.2 Å². The summed E-state index contributed by atoms with van der Waals surface area (Å²) in [5, 5.41) is 22.9. The van der Waals surface area contributed by atoms with Gasteiger partial charge in [-0.05, 0) is 29.7 Å². The smallest absolute Gasteiger partial charge is 0.256 e. The number of nitrogens with zero attached hydrogens (tertiary/aromatic N) is 1. The molecule has 2 heterocycles. The molecule has 152 valence electrons. The quantitative estimate of drug-likeness (QED) is 0.508. The van der Waals surface area contributed by atoms with E-state index < -0.39 is 6.10 Å². The molecule has 4 N–H and O–H groups in total. The summed E-state index contributed by atoms with van der Waals surface area (Å²) in [6.07, 6.45) is -0.844. The highest BCUT2D eigenvalue weighted by Crippen LogP contribution is 2.31. The summed E-state index contributed by atoms with van der Waals surface area (Å²) in [4.78, 5) is 18.1. The fourth-order valence-corrected chi connectivity index (χ4v) is 3.60. The molecule has 0 aliphatic carbocycles. The minimum atomic E-state index is -0.844. The van der Waals surface area contributed by atoms with Crippen molar-refractivity contribution in [3.63, 3.8) is 0 Å². The highest BCUT2D eigenvalue weighted by molar-refractivity contribution is 5.89. The first kappa shape index (κ1) is 19.4. The van der Waals surface area contributed by atoms with E-state index in [2.05, 4.69) is 21.3 Å². The van der Waals surface area contributed by atoms with Crippen molar-refractivity contribution >= 4 is 22.1 Å². The number of anilines is 2. The fraction of sp³-hybridized carbons (Fsp3) is 0.318. The number of ether oxygens (including phenoxy) is 1. The van der Waals surface area contributed by atoms with Crippen LogP contribution in [0, 0.1) is 0 Å². The van der Waals surface area contributed by atoms with E-state index in [-0.39, 0.29) is 18.7 Å². The molecule has 1 aromatic heterocycles. The van der Waals surface area contributed by atoms with Crippen LogP contribution in [-0.4, -0.2) is 60.8 Å². The molecule has 3 aromatic rings. The van der Waals surface area contributed by atoms with E-state index in [1.54, 1.807) is 6.07 Å². The second kappa shape index (κ2) is 8.65. The van der Waals surface area contributed by atoms with Crippen LogP contribution in [-0.2, 0) is 4.74 Å². The minimum Gasteiger partial charge on any atom is -0.394 e. The average molecular weight is 395 g/mol. The summed E-state index contributed by atoms with van der Waals surface area (Å²) in [6.45, 7) is 2.94. The van der Waals surface area contributed by atoms with Crippen LogP contribution in [0.15, 0.2) is 53.3 Å². The summed E-state index contributed by atoms with van der Waals surface area (Å²) in [7, 11) is 0. The van der Waals surface area contributed by atoms with E-state index in [0.717, 1.165) is 41.1 Å². The topological polar surface area (TPSA) is 97.8 Å². The third-order valence-electron chi connectivity index (χ3n) is 5.14. The number of aromatic nitrogens is 1. The number of morpholine rings is 1. The summed E-state index contributed by atoms with van der Waals surface area (Å²) in [6, 6.07) is 15.6. The standard InChI is InChI=1S/C22H25N3O4/c26-14-17(27)13-23-16-6-5-15-11-20(24-22(28)19(15)12-16)18-3-1-2-4-21(18)25-7-9-29-10-8-25/h1-6,11-12,17,23,26-27H,7-10,13-14H2,(H,24,28). The summed E-state index contributed by atoms with van der Waals surface area (Å²) >= 11 is 0. The number of aliphatic hydroxyl groups excluding tert-OH is 2. The van der Waals surface area contributed by atoms with Crippen molar-refractivity contribution in [2.45, 2.75) is 6.10 Å². The van der Waals surface area contributed by atoms with Crippen molar-refractivity contribution in [3.8, 4) is 11.3 Å². The van der Waals surface area contributed by atoms with Gasteiger partial charge in [-0.15, -0.1) is 0 Å². The Morgan fingerprint density at radius 2 is 1.93 bits per heavy atom. The monoisotopic (exact) mass is 395 g/mol. The number of hydrogen-bond acceptors (Lipinski definition) is 6.